The van der Waals surface area contributed by atoms with E-state index in [1.807, 2.05) is 0 Å². The van der Waals surface area contributed by atoms with Crippen LogP contribution < -0.4 is 5.73 Å². The van der Waals surface area contributed by atoms with Gasteiger partial charge in [0.05, 0.1) is 5.71 Å². The highest BCUT2D eigenvalue weighted by Gasteiger charge is 2.20. The molecular weight excluding hydrogens is 200 g/mol. The third kappa shape index (κ3) is 2.25. The summed E-state index contributed by atoms with van der Waals surface area (Å²) in [7, 11) is 0. The lowest BCUT2D eigenvalue weighted by atomic mass is 9.83. The van der Waals surface area contributed by atoms with E-state index in [2.05, 4.69) is 36.3 Å². The van der Waals surface area contributed by atoms with Gasteiger partial charge < -0.3 is 10.6 Å². The van der Waals surface area contributed by atoms with Crippen molar-refractivity contribution in [2.45, 2.75) is 25.7 Å². The zero-order valence-corrected chi connectivity index (χ0v) is 9.65. The Morgan fingerprint density at radius 2 is 2.25 bits per heavy atom. The summed E-state index contributed by atoms with van der Waals surface area (Å²) in [5.41, 5.74) is 9.04. The van der Waals surface area contributed by atoms with Gasteiger partial charge in [0.25, 0.3) is 0 Å². The zero-order valence-electron chi connectivity index (χ0n) is 9.65. The predicted molar refractivity (Wildman–Crippen MR) is 65.6 cm³/mol. The molecule has 3 heteroatoms. The first-order chi connectivity index (χ1) is 7.83. The quantitative estimate of drug-likeness (QED) is 0.625. The molecular formula is C13H18N2O. The van der Waals surface area contributed by atoms with Gasteiger partial charge >= 0.3 is 0 Å². The van der Waals surface area contributed by atoms with E-state index >= 15 is 0 Å². The van der Waals surface area contributed by atoms with Gasteiger partial charge in [-0.25, -0.2) is 0 Å². The van der Waals surface area contributed by atoms with E-state index in [9.17, 15) is 0 Å². The molecule has 86 valence electrons. The van der Waals surface area contributed by atoms with Crippen LogP contribution in [0.15, 0.2) is 29.4 Å². The van der Waals surface area contributed by atoms with Crippen molar-refractivity contribution in [1.29, 1.82) is 0 Å². The summed E-state index contributed by atoms with van der Waals surface area (Å²) >= 11 is 0. The number of nitrogens with zero attached hydrogens (tertiary/aromatic N) is 1. The van der Waals surface area contributed by atoms with Crippen LogP contribution >= 0.6 is 0 Å². The molecule has 0 aromatic heterocycles. The summed E-state index contributed by atoms with van der Waals surface area (Å²) in [5, 5.41) is 4.19. The van der Waals surface area contributed by atoms with Gasteiger partial charge in [0, 0.05) is 12.1 Å². The molecule has 0 saturated carbocycles. The molecule has 1 aliphatic carbocycles. The molecule has 1 unspecified atom stereocenters. The lowest BCUT2D eigenvalue weighted by molar-refractivity contribution is 0.151. The van der Waals surface area contributed by atoms with Gasteiger partial charge in [0.15, 0.2) is 0 Å². The molecule has 2 rings (SSSR count). The maximum Gasteiger partial charge on any atom is 0.129 e. The molecule has 1 aliphatic rings. The summed E-state index contributed by atoms with van der Waals surface area (Å²) in [4.78, 5) is 5.18. The maximum absolute atomic E-state index is 5.37. The van der Waals surface area contributed by atoms with Crippen molar-refractivity contribution in [3.63, 3.8) is 0 Å². The van der Waals surface area contributed by atoms with Crippen LogP contribution in [0.2, 0.25) is 0 Å². The highest BCUT2D eigenvalue weighted by Crippen LogP contribution is 2.31. The van der Waals surface area contributed by atoms with Crippen LogP contribution in [0.4, 0.5) is 0 Å². The van der Waals surface area contributed by atoms with Crippen LogP contribution in [0, 0.1) is 0 Å². The highest BCUT2D eigenvalue weighted by atomic mass is 16.6. The van der Waals surface area contributed by atoms with Crippen LogP contribution in [0.5, 0.6) is 0 Å². The van der Waals surface area contributed by atoms with E-state index in [0.29, 0.717) is 19.1 Å². The lowest BCUT2D eigenvalue weighted by Crippen LogP contribution is -2.16. The SMILES string of the molecule is CC1CC/C(=N/OCCN)c2ccccc21. The number of benzene rings is 1. The fraction of sp³-hybridized carbons (Fsp3) is 0.462. The molecule has 0 spiro atoms. The van der Waals surface area contributed by atoms with Crippen molar-refractivity contribution >= 4 is 5.71 Å². The molecule has 0 bridgehead atoms. The molecule has 1 aromatic rings. The molecule has 1 aromatic carbocycles. The summed E-state index contributed by atoms with van der Waals surface area (Å²) in [6.45, 7) is 3.26. The van der Waals surface area contributed by atoms with E-state index in [0.717, 1.165) is 18.6 Å². The Kier molecular flexibility index (Phi) is 3.57. The fourth-order valence-electron chi connectivity index (χ4n) is 2.10. The summed E-state index contributed by atoms with van der Waals surface area (Å²) < 4.78 is 0. The van der Waals surface area contributed by atoms with Crippen molar-refractivity contribution in [3.05, 3.63) is 35.4 Å². The van der Waals surface area contributed by atoms with E-state index in [1.54, 1.807) is 0 Å². The Morgan fingerprint density at radius 3 is 3.06 bits per heavy atom. The number of hydrogen-bond donors (Lipinski definition) is 1. The first-order valence-corrected chi connectivity index (χ1v) is 5.81. The van der Waals surface area contributed by atoms with E-state index in [1.165, 1.54) is 11.1 Å². The van der Waals surface area contributed by atoms with Crippen LogP contribution in [0.3, 0.4) is 0 Å². The van der Waals surface area contributed by atoms with E-state index < -0.39 is 0 Å². The van der Waals surface area contributed by atoms with E-state index in [4.69, 9.17) is 10.6 Å². The minimum Gasteiger partial charge on any atom is -0.394 e. The maximum atomic E-state index is 5.37. The monoisotopic (exact) mass is 218 g/mol. The average Bonchev–Trinajstić information content (AvgIpc) is 2.33. The van der Waals surface area contributed by atoms with Crippen LogP contribution in [-0.2, 0) is 4.84 Å². The topological polar surface area (TPSA) is 47.6 Å². The molecule has 16 heavy (non-hydrogen) atoms. The Hall–Kier alpha value is -1.35. The Bertz CT molecular complexity index is 387. The molecule has 0 radical (unpaired) electrons. The molecule has 0 heterocycles. The Morgan fingerprint density at radius 1 is 1.44 bits per heavy atom. The molecule has 0 aliphatic heterocycles. The van der Waals surface area contributed by atoms with Gasteiger partial charge in [0.2, 0.25) is 0 Å². The number of fused-ring (bicyclic) bond motifs is 1. The van der Waals surface area contributed by atoms with Crippen molar-refractivity contribution in [2.75, 3.05) is 13.2 Å². The number of hydrogen-bond acceptors (Lipinski definition) is 3. The lowest BCUT2D eigenvalue weighted by Gasteiger charge is -2.23. The zero-order chi connectivity index (χ0) is 11.4. The third-order valence-electron chi connectivity index (χ3n) is 3.00. The minimum atomic E-state index is 0.487. The standard InChI is InChI=1S/C13H18N2O/c1-10-6-7-13(15-16-9-8-14)12-5-3-2-4-11(10)12/h2-5,10H,6-9,14H2,1H3/b15-13-. The number of rotatable bonds is 3. The largest absolute Gasteiger partial charge is 0.394 e. The first kappa shape index (κ1) is 11.1. The van der Waals surface area contributed by atoms with Crippen molar-refractivity contribution in [2.24, 2.45) is 10.9 Å². The Balaban J connectivity index is 2.24. The fourth-order valence-corrected chi connectivity index (χ4v) is 2.10. The van der Waals surface area contributed by atoms with E-state index in [-0.39, 0.29) is 0 Å². The highest BCUT2D eigenvalue weighted by molar-refractivity contribution is 6.02. The number of nitrogens with two attached hydrogens (primary N) is 1. The summed E-state index contributed by atoms with van der Waals surface area (Å²) in [6.07, 6.45) is 2.13. The van der Waals surface area contributed by atoms with Crippen LogP contribution in [0.1, 0.15) is 36.8 Å². The van der Waals surface area contributed by atoms with Crippen molar-refractivity contribution < 1.29 is 4.84 Å². The predicted octanol–water partition coefficient (Wildman–Crippen LogP) is 2.26. The van der Waals surface area contributed by atoms with Gasteiger partial charge in [-0.1, -0.05) is 36.3 Å². The molecule has 0 saturated heterocycles. The minimum absolute atomic E-state index is 0.487. The molecule has 1 atom stereocenters. The normalized spacial score (nSPS) is 21.9. The second-order valence-electron chi connectivity index (χ2n) is 4.19. The van der Waals surface area contributed by atoms with Gasteiger partial charge in [-0.05, 0) is 24.3 Å². The van der Waals surface area contributed by atoms with Crippen LogP contribution in [0.25, 0.3) is 0 Å². The van der Waals surface area contributed by atoms with Gasteiger partial charge in [0.1, 0.15) is 6.61 Å². The molecule has 2 N–H and O–H groups in total. The smallest absolute Gasteiger partial charge is 0.129 e. The summed E-state index contributed by atoms with van der Waals surface area (Å²) in [6, 6.07) is 8.43. The summed E-state index contributed by atoms with van der Waals surface area (Å²) in [5.74, 6) is 0.615. The molecule has 3 nitrogen and oxygen atoms in total. The average molecular weight is 218 g/mol. The van der Waals surface area contributed by atoms with Crippen molar-refractivity contribution in [1.82, 2.24) is 0 Å². The van der Waals surface area contributed by atoms with Crippen LogP contribution in [-0.4, -0.2) is 18.9 Å². The second-order valence-corrected chi connectivity index (χ2v) is 4.19. The second kappa shape index (κ2) is 5.12. The molecule has 0 fully saturated rings. The number of oxime groups is 1. The van der Waals surface area contributed by atoms with Gasteiger partial charge in [-0.2, -0.15) is 0 Å². The van der Waals surface area contributed by atoms with Gasteiger partial charge in [-0.3, -0.25) is 0 Å². The Labute approximate surface area is 96.3 Å². The van der Waals surface area contributed by atoms with Gasteiger partial charge in [-0.15, -0.1) is 0 Å². The van der Waals surface area contributed by atoms with Crippen molar-refractivity contribution in [3.8, 4) is 0 Å². The molecule has 0 amide bonds. The first-order valence-electron chi connectivity index (χ1n) is 5.81. The third-order valence-corrected chi connectivity index (χ3v) is 3.00.